The zero-order valence-corrected chi connectivity index (χ0v) is 11.0. The molecule has 1 aromatic rings. The van der Waals surface area contributed by atoms with Crippen molar-refractivity contribution < 1.29 is 14.3 Å². The van der Waals surface area contributed by atoms with Crippen LogP contribution in [0.25, 0.3) is 0 Å². The van der Waals surface area contributed by atoms with Crippen molar-refractivity contribution in [3.8, 4) is 0 Å². The molecule has 1 saturated heterocycles. The highest BCUT2D eigenvalue weighted by atomic mass is 32.1. The maximum atomic E-state index is 12.3. The zero-order chi connectivity index (χ0) is 12.3. The summed E-state index contributed by atoms with van der Waals surface area (Å²) in [5.41, 5.74) is 0.191. The van der Waals surface area contributed by atoms with Crippen LogP contribution in [-0.4, -0.2) is 36.7 Å². The van der Waals surface area contributed by atoms with Crippen molar-refractivity contribution in [1.82, 2.24) is 4.98 Å². The lowest BCUT2D eigenvalue weighted by atomic mass is 9.87. The van der Waals surface area contributed by atoms with E-state index >= 15 is 0 Å². The molecule has 2 heterocycles. The van der Waals surface area contributed by atoms with Gasteiger partial charge in [-0.3, -0.25) is 4.79 Å². The third-order valence-corrected chi connectivity index (χ3v) is 4.03. The molecular formula is C12H17NO3S. The highest BCUT2D eigenvalue weighted by molar-refractivity contribution is 7.09. The number of methoxy groups -OCH3 is 1. The van der Waals surface area contributed by atoms with Gasteiger partial charge >= 0.3 is 0 Å². The quantitative estimate of drug-likeness (QED) is 0.822. The highest BCUT2D eigenvalue weighted by Crippen LogP contribution is 2.27. The number of Topliss-reactive ketones (excluding diaryl/α,β-unsaturated/α-hetero) is 1. The molecule has 0 aromatic carbocycles. The molecule has 17 heavy (non-hydrogen) atoms. The van der Waals surface area contributed by atoms with Crippen molar-refractivity contribution in [2.75, 3.05) is 20.3 Å². The monoisotopic (exact) mass is 255 g/mol. The molecule has 1 aliphatic heterocycles. The molecule has 94 valence electrons. The number of ketones is 1. The lowest BCUT2D eigenvalue weighted by Crippen LogP contribution is -2.46. The zero-order valence-electron chi connectivity index (χ0n) is 10.2. The van der Waals surface area contributed by atoms with E-state index in [0.717, 1.165) is 10.7 Å². The molecule has 1 fully saturated rings. The van der Waals surface area contributed by atoms with Gasteiger partial charge in [0.25, 0.3) is 0 Å². The van der Waals surface area contributed by atoms with E-state index in [9.17, 15) is 4.79 Å². The predicted octanol–water partition coefficient (Wildman–Crippen LogP) is 1.76. The molecule has 1 aromatic heterocycles. The smallest absolute Gasteiger partial charge is 0.170 e. The maximum Gasteiger partial charge on any atom is 0.170 e. The topological polar surface area (TPSA) is 48.4 Å². The standard InChI is InChI=1S/C12H17NO3S/c1-9-13-10(8-17-9)7-11(14)12(15-2)3-5-16-6-4-12/h8H,3-7H2,1-2H3. The van der Waals surface area contributed by atoms with Crippen molar-refractivity contribution in [3.63, 3.8) is 0 Å². The van der Waals surface area contributed by atoms with Crippen molar-refractivity contribution >= 4 is 17.1 Å². The summed E-state index contributed by atoms with van der Waals surface area (Å²) >= 11 is 1.57. The van der Waals surface area contributed by atoms with Gasteiger partial charge in [-0.25, -0.2) is 4.98 Å². The number of hydrogen-bond acceptors (Lipinski definition) is 5. The van der Waals surface area contributed by atoms with E-state index in [1.54, 1.807) is 18.4 Å². The molecular weight excluding hydrogens is 238 g/mol. The van der Waals surface area contributed by atoms with Crippen molar-refractivity contribution in [3.05, 3.63) is 16.1 Å². The first-order valence-electron chi connectivity index (χ1n) is 5.73. The largest absolute Gasteiger partial charge is 0.381 e. The summed E-state index contributed by atoms with van der Waals surface area (Å²) in [5.74, 6) is 0.119. The fraction of sp³-hybridized carbons (Fsp3) is 0.667. The molecule has 0 spiro atoms. The Morgan fingerprint density at radius 2 is 2.29 bits per heavy atom. The van der Waals surface area contributed by atoms with Crippen LogP contribution in [0.2, 0.25) is 0 Å². The molecule has 5 heteroatoms. The Balaban J connectivity index is 2.07. The van der Waals surface area contributed by atoms with Crippen LogP contribution in [0.4, 0.5) is 0 Å². The summed E-state index contributed by atoms with van der Waals surface area (Å²) in [5, 5.41) is 2.93. The summed E-state index contributed by atoms with van der Waals surface area (Å²) in [6.45, 7) is 3.13. The lowest BCUT2D eigenvalue weighted by Gasteiger charge is -2.34. The van der Waals surface area contributed by atoms with Crippen LogP contribution in [0, 0.1) is 6.92 Å². The van der Waals surface area contributed by atoms with Crippen LogP contribution in [-0.2, 0) is 20.7 Å². The van der Waals surface area contributed by atoms with Gasteiger partial charge in [0.05, 0.1) is 17.1 Å². The van der Waals surface area contributed by atoms with Gasteiger partial charge in [-0.1, -0.05) is 0 Å². The fourth-order valence-corrected chi connectivity index (χ4v) is 2.73. The van der Waals surface area contributed by atoms with Gasteiger partial charge in [-0.05, 0) is 6.92 Å². The molecule has 0 saturated carbocycles. The first kappa shape index (κ1) is 12.7. The van der Waals surface area contributed by atoms with E-state index in [1.807, 2.05) is 12.3 Å². The first-order valence-corrected chi connectivity index (χ1v) is 6.61. The molecule has 0 aliphatic carbocycles. The van der Waals surface area contributed by atoms with E-state index in [0.29, 0.717) is 32.5 Å². The Bertz CT molecular complexity index is 396. The summed E-state index contributed by atoms with van der Waals surface area (Å²) in [4.78, 5) is 16.6. The average Bonchev–Trinajstić information content (AvgIpc) is 2.75. The van der Waals surface area contributed by atoms with Gasteiger partial charge < -0.3 is 9.47 Å². The second kappa shape index (κ2) is 5.25. The van der Waals surface area contributed by atoms with Gasteiger partial charge in [0, 0.05) is 38.5 Å². The second-order valence-electron chi connectivity index (χ2n) is 4.27. The number of nitrogens with zero attached hydrogens (tertiary/aromatic N) is 1. The van der Waals surface area contributed by atoms with Gasteiger partial charge in [0.1, 0.15) is 5.60 Å². The van der Waals surface area contributed by atoms with Crippen LogP contribution in [0.1, 0.15) is 23.5 Å². The third-order valence-electron chi connectivity index (χ3n) is 3.21. The second-order valence-corrected chi connectivity index (χ2v) is 5.33. The lowest BCUT2D eigenvalue weighted by molar-refractivity contribution is -0.152. The number of thiazole rings is 1. The summed E-state index contributed by atoms with van der Waals surface area (Å²) in [7, 11) is 1.61. The minimum atomic E-state index is -0.657. The minimum Gasteiger partial charge on any atom is -0.381 e. The number of ether oxygens (including phenoxy) is 2. The molecule has 1 aliphatic rings. The predicted molar refractivity (Wildman–Crippen MR) is 65.4 cm³/mol. The fourth-order valence-electron chi connectivity index (χ4n) is 2.11. The molecule has 0 N–H and O–H groups in total. The van der Waals surface area contributed by atoms with E-state index < -0.39 is 5.60 Å². The molecule has 0 atom stereocenters. The van der Waals surface area contributed by atoms with E-state index in [-0.39, 0.29) is 5.78 Å². The normalized spacial score (nSPS) is 19.2. The molecule has 2 rings (SSSR count). The first-order chi connectivity index (χ1) is 8.16. The molecule has 4 nitrogen and oxygen atoms in total. The Labute approximate surface area is 105 Å². The van der Waals surface area contributed by atoms with Gasteiger partial charge in [-0.2, -0.15) is 0 Å². The summed E-state index contributed by atoms with van der Waals surface area (Å²) in [6, 6.07) is 0. The van der Waals surface area contributed by atoms with Crippen LogP contribution >= 0.6 is 11.3 Å². The number of aromatic nitrogens is 1. The molecule has 0 radical (unpaired) electrons. The average molecular weight is 255 g/mol. The van der Waals surface area contributed by atoms with Crippen molar-refractivity contribution in [2.45, 2.75) is 31.8 Å². The summed E-state index contributed by atoms with van der Waals surface area (Å²) in [6.07, 6.45) is 1.65. The van der Waals surface area contributed by atoms with Crippen LogP contribution in [0.5, 0.6) is 0 Å². The Morgan fingerprint density at radius 3 is 2.82 bits per heavy atom. The summed E-state index contributed by atoms with van der Waals surface area (Å²) < 4.78 is 10.8. The molecule has 0 unspecified atom stereocenters. The van der Waals surface area contributed by atoms with Gasteiger partial charge in [0.2, 0.25) is 0 Å². The molecule has 0 bridgehead atoms. The third kappa shape index (κ3) is 2.73. The molecule has 0 amide bonds. The van der Waals surface area contributed by atoms with E-state index in [1.165, 1.54) is 0 Å². The minimum absolute atomic E-state index is 0.119. The van der Waals surface area contributed by atoms with Gasteiger partial charge in [-0.15, -0.1) is 11.3 Å². The van der Waals surface area contributed by atoms with Gasteiger partial charge in [0.15, 0.2) is 5.78 Å². The number of carbonyl (C=O) groups is 1. The number of hydrogen-bond donors (Lipinski definition) is 0. The van der Waals surface area contributed by atoms with E-state index in [4.69, 9.17) is 9.47 Å². The van der Waals surface area contributed by atoms with Crippen molar-refractivity contribution in [2.24, 2.45) is 0 Å². The number of rotatable bonds is 4. The SMILES string of the molecule is COC1(C(=O)Cc2csc(C)n2)CCOCC1. The van der Waals surface area contributed by atoms with Crippen molar-refractivity contribution in [1.29, 1.82) is 0 Å². The Kier molecular flexibility index (Phi) is 3.91. The Morgan fingerprint density at radius 1 is 1.59 bits per heavy atom. The number of carbonyl (C=O) groups excluding carboxylic acids is 1. The van der Waals surface area contributed by atoms with Crippen LogP contribution < -0.4 is 0 Å². The Hall–Kier alpha value is -0.780. The van der Waals surface area contributed by atoms with Crippen LogP contribution in [0.3, 0.4) is 0 Å². The maximum absolute atomic E-state index is 12.3. The van der Waals surface area contributed by atoms with E-state index in [2.05, 4.69) is 4.98 Å². The number of aryl methyl sites for hydroxylation is 1. The van der Waals surface area contributed by atoms with Crippen LogP contribution in [0.15, 0.2) is 5.38 Å². The highest BCUT2D eigenvalue weighted by Gasteiger charge is 2.39.